The second kappa shape index (κ2) is 5.65. The summed E-state index contributed by atoms with van der Waals surface area (Å²) in [6.07, 6.45) is 6.85. The van der Waals surface area contributed by atoms with Crippen LogP contribution in [0.3, 0.4) is 0 Å². The minimum absolute atomic E-state index is 0.425. The van der Waals surface area contributed by atoms with Gasteiger partial charge in [0.2, 0.25) is 0 Å². The molecule has 1 aromatic heterocycles. The van der Waals surface area contributed by atoms with Crippen LogP contribution in [0.1, 0.15) is 38.2 Å². The third kappa shape index (κ3) is 2.80. The van der Waals surface area contributed by atoms with Crippen LogP contribution >= 0.6 is 12.2 Å². The first kappa shape index (κ1) is 13.3. The van der Waals surface area contributed by atoms with Crippen molar-refractivity contribution in [3.05, 3.63) is 23.9 Å². The first-order valence-electron chi connectivity index (χ1n) is 6.57. The quantitative estimate of drug-likeness (QED) is 0.852. The number of hydrogen-bond donors (Lipinski definition) is 1. The van der Waals surface area contributed by atoms with Crippen LogP contribution in [-0.4, -0.2) is 23.1 Å². The van der Waals surface area contributed by atoms with E-state index < -0.39 is 0 Å². The van der Waals surface area contributed by atoms with Gasteiger partial charge in [-0.15, -0.1) is 0 Å². The van der Waals surface area contributed by atoms with Gasteiger partial charge in [0.05, 0.1) is 5.56 Å². The van der Waals surface area contributed by atoms with Gasteiger partial charge < -0.3 is 10.6 Å². The maximum Gasteiger partial charge on any atom is 0.138 e. The summed E-state index contributed by atoms with van der Waals surface area (Å²) >= 11 is 5.10. The molecule has 0 amide bonds. The van der Waals surface area contributed by atoms with Gasteiger partial charge >= 0.3 is 0 Å². The number of hydrogen-bond acceptors (Lipinski definition) is 3. The highest BCUT2D eigenvalue weighted by Crippen LogP contribution is 2.29. The average molecular weight is 263 g/mol. The zero-order valence-corrected chi connectivity index (χ0v) is 11.9. The predicted octanol–water partition coefficient (Wildman–Crippen LogP) is 2.73. The van der Waals surface area contributed by atoms with E-state index in [0.29, 0.717) is 11.0 Å². The highest BCUT2D eigenvalue weighted by atomic mass is 32.1. The molecule has 2 N–H and O–H groups in total. The fraction of sp³-hybridized carbons (Fsp3) is 0.571. The Labute approximate surface area is 114 Å². The summed E-state index contributed by atoms with van der Waals surface area (Å²) in [4.78, 5) is 7.13. The first-order valence-corrected chi connectivity index (χ1v) is 6.98. The number of nitrogens with zero attached hydrogens (tertiary/aromatic N) is 2. The van der Waals surface area contributed by atoms with Crippen molar-refractivity contribution in [3.63, 3.8) is 0 Å². The molecular weight excluding hydrogens is 242 g/mol. The third-order valence-electron chi connectivity index (χ3n) is 3.92. The third-order valence-corrected chi connectivity index (χ3v) is 4.14. The summed E-state index contributed by atoms with van der Waals surface area (Å²) in [5.74, 6) is 1.78. The Kier molecular flexibility index (Phi) is 4.17. The molecule has 3 nitrogen and oxygen atoms in total. The van der Waals surface area contributed by atoms with E-state index in [1.807, 2.05) is 12.1 Å². The van der Waals surface area contributed by atoms with Crippen LogP contribution in [0.2, 0.25) is 0 Å². The smallest absolute Gasteiger partial charge is 0.138 e. The highest BCUT2D eigenvalue weighted by Gasteiger charge is 2.24. The number of anilines is 1. The minimum atomic E-state index is 0.425. The molecule has 4 heteroatoms. The van der Waals surface area contributed by atoms with Crippen molar-refractivity contribution in [2.45, 2.75) is 38.6 Å². The van der Waals surface area contributed by atoms with Gasteiger partial charge in [0.15, 0.2) is 0 Å². The van der Waals surface area contributed by atoms with Crippen LogP contribution in [0.15, 0.2) is 18.3 Å². The van der Waals surface area contributed by atoms with E-state index in [-0.39, 0.29) is 0 Å². The van der Waals surface area contributed by atoms with Crippen LogP contribution in [-0.2, 0) is 0 Å². The topological polar surface area (TPSA) is 42.2 Å². The van der Waals surface area contributed by atoms with Gasteiger partial charge in [0.1, 0.15) is 10.8 Å². The summed E-state index contributed by atoms with van der Waals surface area (Å²) in [7, 11) is 2.10. The van der Waals surface area contributed by atoms with E-state index in [1.54, 1.807) is 6.20 Å². The maximum atomic E-state index is 5.77. The van der Waals surface area contributed by atoms with Crippen molar-refractivity contribution >= 4 is 23.0 Å². The lowest BCUT2D eigenvalue weighted by atomic mass is 9.86. The molecule has 98 valence electrons. The lowest BCUT2D eigenvalue weighted by Crippen LogP contribution is -2.36. The first-order chi connectivity index (χ1) is 8.59. The number of nitrogens with two attached hydrogens (primary N) is 1. The maximum absolute atomic E-state index is 5.77. The number of thiocarbonyl (C=S) groups is 1. The summed E-state index contributed by atoms with van der Waals surface area (Å²) in [6.45, 7) is 2.33. The van der Waals surface area contributed by atoms with Crippen LogP contribution < -0.4 is 10.6 Å². The van der Waals surface area contributed by atoms with Crippen molar-refractivity contribution in [2.75, 3.05) is 11.9 Å². The molecule has 1 heterocycles. The molecule has 2 rings (SSSR count). The molecular formula is C14H21N3S. The molecule has 0 spiro atoms. The van der Waals surface area contributed by atoms with Gasteiger partial charge in [0, 0.05) is 19.3 Å². The molecule has 1 fully saturated rings. The standard InChI is InChI=1S/C14H21N3S/c1-10-5-7-11(8-6-10)17(2)14-12(13(15)18)4-3-9-16-14/h3-4,9-11H,5-8H2,1-2H3,(H2,15,18). The molecule has 0 bridgehead atoms. The molecule has 0 radical (unpaired) electrons. The molecule has 1 aliphatic carbocycles. The lowest BCUT2D eigenvalue weighted by Gasteiger charge is -2.35. The number of aromatic nitrogens is 1. The molecule has 0 unspecified atom stereocenters. The Morgan fingerprint density at radius 3 is 2.67 bits per heavy atom. The van der Waals surface area contributed by atoms with Crippen LogP contribution in [0.4, 0.5) is 5.82 Å². The molecule has 1 saturated carbocycles. The highest BCUT2D eigenvalue weighted by molar-refractivity contribution is 7.80. The van der Waals surface area contributed by atoms with E-state index in [0.717, 1.165) is 17.3 Å². The van der Waals surface area contributed by atoms with Crippen molar-refractivity contribution < 1.29 is 0 Å². The van der Waals surface area contributed by atoms with Gasteiger partial charge in [0.25, 0.3) is 0 Å². The summed E-state index contributed by atoms with van der Waals surface area (Å²) in [5.41, 5.74) is 6.65. The Hall–Kier alpha value is -1.16. The molecule has 1 aliphatic rings. The lowest BCUT2D eigenvalue weighted by molar-refractivity contribution is 0.340. The van der Waals surface area contributed by atoms with Gasteiger partial charge in [-0.05, 0) is 43.7 Å². The van der Waals surface area contributed by atoms with Crippen molar-refractivity contribution in [1.82, 2.24) is 4.98 Å². The van der Waals surface area contributed by atoms with Crippen molar-refractivity contribution in [3.8, 4) is 0 Å². The largest absolute Gasteiger partial charge is 0.389 e. The minimum Gasteiger partial charge on any atom is -0.389 e. The van der Waals surface area contributed by atoms with Crippen LogP contribution in [0, 0.1) is 5.92 Å². The Bertz CT molecular complexity index is 425. The Morgan fingerprint density at radius 2 is 2.06 bits per heavy atom. The second-order valence-electron chi connectivity index (χ2n) is 5.26. The zero-order valence-electron chi connectivity index (χ0n) is 11.1. The van der Waals surface area contributed by atoms with Crippen LogP contribution in [0.25, 0.3) is 0 Å². The van der Waals surface area contributed by atoms with Gasteiger partial charge in [-0.3, -0.25) is 0 Å². The number of rotatable bonds is 3. The normalized spacial score (nSPS) is 23.7. The molecule has 0 aliphatic heterocycles. The monoisotopic (exact) mass is 263 g/mol. The van der Waals surface area contributed by atoms with Gasteiger partial charge in [-0.1, -0.05) is 19.1 Å². The van der Waals surface area contributed by atoms with E-state index >= 15 is 0 Å². The van der Waals surface area contributed by atoms with Crippen molar-refractivity contribution in [2.24, 2.45) is 11.7 Å². The van der Waals surface area contributed by atoms with Crippen LogP contribution in [0.5, 0.6) is 0 Å². The van der Waals surface area contributed by atoms with E-state index in [2.05, 4.69) is 23.9 Å². The fourth-order valence-corrected chi connectivity index (χ4v) is 2.83. The molecule has 0 atom stereocenters. The van der Waals surface area contributed by atoms with Crippen molar-refractivity contribution in [1.29, 1.82) is 0 Å². The van der Waals surface area contributed by atoms with E-state index in [9.17, 15) is 0 Å². The fourth-order valence-electron chi connectivity index (χ4n) is 2.67. The second-order valence-corrected chi connectivity index (χ2v) is 5.70. The van der Waals surface area contributed by atoms with Gasteiger partial charge in [-0.2, -0.15) is 0 Å². The van der Waals surface area contributed by atoms with E-state index in [4.69, 9.17) is 18.0 Å². The molecule has 0 aromatic carbocycles. The summed E-state index contributed by atoms with van der Waals surface area (Å²) < 4.78 is 0. The molecule has 18 heavy (non-hydrogen) atoms. The summed E-state index contributed by atoms with van der Waals surface area (Å²) in [6, 6.07) is 4.39. The SMILES string of the molecule is CC1CCC(N(C)c2ncccc2C(N)=S)CC1. The molecule has 1 aromatic rings. The number of pyridine rings is 1. The van der Waals surface area contributed by atoms with Gasteiger partial charge in [-0.25, -0.2) is 4.98 Å². The Balaban J connectivity index is 2.18. The predicted molar refractivity (Wildman–Crippen MR) is 79.9 cm³/mol. The summed E-state index contributed by atoms with van der Waals surface area (Å²) in [5, 5.41) is 0. The zero-order chi connectivity index (χ0) is 13.1. The Morgan fingerprint density at radius 1 is 1.39 bits per heavy atom. The average Bonchev–Trinajstić information content (AvgIpc) is 2.39. The van der Waals surface area contributed by atoms with E-state index in [1.165, 1.54) is 25.7 Å². The molecule has 0 saturated heterocycles.